The zero-order chi connectivity index (χ0) is 12.1. The average Bonchev–Trinajstić information content (AvgIpc) is 2.25. The van der Waals surface area contributed by atoms with Crippen molar-refractivity contribution in [1.29, 1.82) is 0 Å². The number of benzene rings is 1. The average molecular weight is 225 g/mol. The van der Waals surface area contributed by atoms with Gasteiger partial charge in [0, 0.05) is 0 Å². The predicted octanol–water partition coefficient (Wildman–Crippen LogP) is 2.01. The number of nitrogens with zero attached hydrogens (tertiary/aromatic N) is 1. The molecule has 0 amide bonds. The van der Waals surface area contributed by atoms with E-state index in [1.54, 1.807) is 12.1 Å². The first-order valence-corrected chi connectivity index (χ1v) is 5.04. The molecule has 1 N–H and O–H groups in total. The van der Waals surface area contributed by atoms with E-state index >= 15 is 0 Å². The summed E-state index contributed by atoms with van der Waals surface area (Å²) in [6.07, 6.45) is 0.0115. The quantitative estimate of drug-likeness (QED) is 0.614. The lowest BCUT2D eigenvalue weighted by Gasteiger charge is -2.09. The number of hydrogen-bond donors (Lipinski definition) is 1. The molecule has 0 aliphatic rings. The molecular formula is C11H15NO4. The Bertz CT molecular complexity index is 376. The van der Waals surface area contributed by atoms with E-state index in [9.17, 15) is 10.1 Å². The molecule has 0 spiro atoms. The van der Waals surface area contributed by atoms with E-state index < -0.39 is 4.92 Å². The molecule has 1 aromatic carbocycles. The van der Waals surface area contributed by atoms with E-state index in [4.69, 9.17) is 9.84 Å². The fourth-order valence-corrected chi connectivity index (χ4v) is 1.38. The molecule has 0 unspecified atom stereocenters. The van der Waals surface area contributed by atoms with E-state index in [0.717, 1.165) is 0 Å². The van der Waals surface area contributed by atoms with Crippen molar-refractivity contribution in [1.82, 2.24) is 0 Å². The molecular weight excluding hydrogens is 210 g/mol. The number of nitro benzene ring substituents is 1. The van der Waals surface area contributed by atoms with Crippen LogP contribution in [-0.4, -0.2) is 16.1 Å². The largest absolute Gasteiger partial charge is 0.391 e. The topological polar surface area (TPSA) is 72.6 Å². The summed E-state index contributed by atoms with van der Waals surface area (Å²) >= 11 is 0. The predicted molar refractivity (Wildman–Crippen MR) is 58.9 cm³/mol. The lowest BCUT2D eigenvalue weighted by Crippen LogP contribution is -2.06. The van der Waals surface area contributed by atoms with E-state index in [2.05, 4.69) is 0 Å². The molecule has 0 heterocycles. The van der Waals surface area contributed by atoms with Crippen molar-refractivity contribution < 1.29 is 14.8 Å². The Morgan fingerprint density at radius 2 is 2.06 bits per heavy atom. The highest BCUT2D eigenvalue weighted by Crippen LogP contribution is 2.24. The lowest BCUT2D eigenvalue weighted by atomic mass is 10.1. The fraction of sp³-hybridized carbons (Fsp3) is 0.455. The first kappa shape index (κ1) is 12.6. The maximum atomic E-state index is 10.9. The Labute approximate surface area is 93.8 Å². The fourth-order valence-electron chi connectivity index (χ4n) is 1.38. The highest BCUT2D eigenvalue weighted by Gasteiger charge is 2.18. The highest BCUT2D eigenvalue weighted by molar-refractivity contribution is 5.47. The number of aliphatic hydroxyl groups excluding tert-OH is 1. The smallest absolute Gasteiger partial charge is 0.280 e. The van der Waals surface area contributed by atoms with Gasteiger partial charge in [-0.2, -0.15) is 0 Å². The molecule has 0 fully saturated rings. The SMILES string of the molecule is CC(C)OCc1cccc(CO)c1[N+](=O)[O-]. The Kier molecular flexibility index (Phi) is 4.39. The third kappa shape index (κ3) is 3.01. The Balaban J connectivity index is 3.02. The van der Waals surface area contributed by atoms with Gasteiger partial charge in [-0.1, -0.05) is 6.07 Å². The second-order valence-electron chi connectivity index (χ2n) is 3.70. The minimum absolute atomic E-state index is 0.0115. The van der Waals surface area contributed by atoms with Crippen LogP contribution in [0.2, 0.25) is 0 Å². The van der Waals surface area contributed by atoms with Gasteiger partial charge in [-0.05, 0) is 26.0 Å². The number of ether oxygens (including phenoxy) is 1. The Hall–Kier alpha value is -1.46. The van der Waals surface area contributed by atoms with Crippen LogP contribution < -0.4 is 0 Å². The molecule has 0 bridgehead atoms. The van der Waals surface area contributed by atoms with Crippen molar-refractivity contribution in [3.05, 3.63) is 39.4 Å². The van der Waals surface area contributed by atoms with E-state index in [1.807, 2.05) is 13.8 Å². The zero-order valence-electron chi connectivity index (χ0n) is 9.34. The Morgan fingerprint density at radius 1 is 1.44 bits per heavy atom. The van der Waals surface area contributed by atoms with Crippen LogP contribution in [0.1, 0.15) is 25.0 Å². The molecule has 1 rings (SSSR count). The maximum Gasteiger partial charge on any atom is 0.280 e. The number of aliphatic hydroxyl groups is 1. The molecule has 0 saturated carbocycles. The molecule has 0 aliphatic heterocycles. The van der Waals surface area contributed by atoms with Crippen molar-refractivity contribution in [2.24, 2.45) is 0 Å². The molecule has 16 heavy (non-hydrogen) atoms. The molecule has 88 valence electrons. The summed E-state index contributed by atoms with van der Waals surface area (Å²) in [6.45, 7) is 3.57. The van der Waals surface area contributed by atoms with E-state index in [1.165, 1.54) is 6.07 Å². The van der Waals surface area contributed by atoms with Gasteiger partial charge in [-0.3, -0.25) is 10.1 Å². The molecule has 1 aromatic rings. The number of para-hydroxylation sites is 1. The summed E-state index contributed by atoms with van der Waals surface area (Å²) in [7, 11) is 0. The minimum atomic E-state index is -0.482. The van der Waals surface area contributed by atoms with Gasteiger partial charge in [-0.25, -0.2) is 0 Å². The van der Waals surface area contributed by atoms with Gasteiger partial charge in [-0.15, -0.1) is 0 Å². The number of nitro groups is 1. The summed E-state index contributed by atoms with van der Waals surface area (Å²) in [5.74, 6) is 0. The van der Waals surface area contributed by atoms with Gasteiger partial charge in [0.15, 0.2) is 0 Å². The number of rotatable bonds is 5. The van der Waals surface area contributed by atoms with Gasteiger partial charge >= 0.3 is 0 Å². The van der Waals surface area contributed by atoms with Gasteiger partial charge in [0.05, 0.1) is 35.4 Å². The maximum absolute atomic E-state index is 10.9. The third-order valence-corrected chi connectivity index (χ3v) is 2.13. The third-order valence-electron chi connectivity index (χ3n) is 2.13. The van der Waals surface area contributed by atoms with Crippen molar-refractivity contribution in [2.45, 2.75) is 33.2 Å². The van der Waals surface area contributed by atoms with Crippen LogP contribution in [-0.2, 0) is 18.0 Å². The highest BCUT2D eigenvalue weighted by atomic mass is 16.6. The van der Waals surface area contributed by atoms with Gasteiger partial charge in [0.25, 0.3) is 5.69 Å². The zero-order valence-corrected chi connectivity index (χ0v) is 9.34. The molecule has 0 aliphatic carbocycles. The summed E-state index contributed by atoms with van der Waals surface area (Å²) in [6, 6.07) is 4.86. The summed E-state index contributed by atoms with van der Waals surface area (Å²) in [4.78, 5) is 10.4. The van der Waals surface area contributed by atoms with Crippen LogP contribution in [0.3, 0.4) is 0 Å². The monoisotopic (exact) mass is 225 g/mol. The van der Waals surface area contributed by atoms with Crippen molar-refractivity contribution in [3.63, 3.8) is 0 Å². The lowest BCUT2D eigenvalue weighted by molar-refractivity contribution is -0.387. The first-order chi connectivity index (χ1) is 7.56. The first-order valence-electron chi connectivity index (χ1n) is 5.04. The van der Waals surface area contributed by atoms with Crippen LogP contribution in [0.25, 0.3) is 0 Å². The van der Waals surface area contributed by atoms with Crippen molar-refractivity contribution in [3.8, 4) is 0 Å². The van der Waals surface area contributed by atoms with Crippen LogP contribution in [0.15, 0.2) is 18.2 Å². The Morgan fingerprint density at radius 3 is 2.56 bits per heavy atom. The second kappa shape index (κ2) is 5.58. The van der Waals surface area contributed by atoms with Crippen LogP contribution >= 0.6 is 0 Å². The molecule has 0 radical (unpaired) electrons. The standard InChI is InChI=1S/C11H15NO4/c1-8(2)16-7-10-5-3-4-9(6-13)11(10)12(14)15/h3-5,8,13H,6-7H2,1-2H3. The number of hydrogen-bond acceptors (Lipinski definition) is 4. The minimum Gasteiger partial charge on any atom is -0.391 e. The van der Waals surface area contributed by atoms with Gasteiger partial charge in [0.2, 0.25) is 0 Å². The van der Waals surface area contributed by atoms with Crippen LogP contribution in [0, 0.1) is 10.1 Å². The van der Waals surface area contributed by atoms with E-state index in [-0.39, 0.29) is 25.0 Å². The summed E-state index contributed by atoms with van der Waals surface area (Å²) in [5.41, 5.74) is 0.755. The van der Waals surface area contributed by atoms with Crippen molar-refractivity contribution in [2.75, 3.05) is 0 Å². The molecule has 0 atom stereocenters. The molecule has 0 aromatic heterocycles. The molecule has 5 nitrogen and oxygen atoms in total. The summed E-state index contributed by atoms with van der Waals surface area (Å²) in [5, 5.41) is 19.9. The van der Waals surface area contributed by atoms with Crippen LogP contribution in [0.5, 0.6) is 0 Å². The normalized spacial score (nSPS) is 10.8. The van der Waals surface area contributed by atoms with E-state index in [0.29, 0.717) is 11.1 Å². The van der Waals surface area contributed by atoms with Crippen molar-refractivity contribution >= 4 is 5.69 Å². The molecule has 5 heteroatoms. The summed E-state index contributed by atoms with van der Waals surface area (Å²) < 4.78 is 5.33. The van der Waals surface area contributed by atoms with Crippen LogP contribution in [0.4, 0.5) is 5.69 Å². The van der Waals surface area contributed by atoms with Gasteiger partial charge in [0.1, 0.15) is 0 Å². The molecule has 0 saturated heterocycles. The van der Waals surface area contributed by atoms with Gasteiger partial charge < -0.3 is 9.84 Å². The second-order valence-corrected chi connectivity index (χ2v) is 3.70.